The summed E-state index contributed by atoms with van der Waals surface area (Å²) in [6.07, 6.45) is 0. The number of halogens is 2. The predicted octanol–water partition coefficient (Wildman–Crippen LogP) is 2.88. The van der Waals surface area contributed by atoms with Crippen molar-refractivity contribution in [3.63, 3.8) is 0 Å². The molecule has 0 aliphatic carbocycles. The number of alkyl halides is 2. The molecule has 10 heteroatoms. The van der Waals surface area contributed by atoms with Gasteiger partial charge in [0.05, 0.1) is 30.4 Å². The molecule has 2 rings (SSSR count). The van der Waals surface area contributed by atoms with Crippen molar-refractivity contribution < 1.29 is 36.2 Å². The van der Waals surface area contributed by atoms with Crippen molar-refractivity contribution >= 4 is 21.7 Å². The van der Waals surface area contributed by atoms with E-state index in [1.165, 1.54) is 44.6 Å². The van der Waals surface area contributed by atoms with E-state index in [4.69, 9.17) is 4.74 Å². The number of sulfonamides is 1. The smallest absolute Gasteiger partial charge is 0.387 e. The molecule has 140 valence electrons. The number of hydrogen-bond donors (Lipinski definition) is 1. The minimum absolute atomic E-state index is 0.0148. The van der Waals surface area contributed by atoms with E-state index in [0.717, 1.165) is 12.1 Å². The number of benzene rings is 2. The number of hydrogen-bond acceptors (Lipinski definition) is 6. The summed E-state index contributed by atoms with van der Waals surface area (Å²) in [6.45, 7) is -3.10. The number of carbonyl (C=O) groups is 1. The van der Waals surface area contributed by atoms with E-state index in [1.807, 2.05) is 0 Å². The summed E-state index contributed by atoms with van der Waals surface area (Å²) in [4.78, 5) is 11.3. The Bertz CT molecular complexity index is 901. The van der Waals surface area contributed by atoms with Gasteiger partial charge in [-0.1, -0.05) is 6.07 Å². The van der Waals surface area contributed by atoms with Gasteiger partial charge >= 0.3 is 12.6 Å². The summed E-state index contributed by atoms with van der Waals surface area (Å²) < 4.78 is 65.8. The Balaban J connectivity index is 2.33. The lowest BCUT2D eigenvalue weighted by Crippen LogP contribution is -2.14. The molecule has 0 radical (unpaired) electrons. The van der Waals surface area contributed by atoms with E-state index in [9.17, 15) is 22.0 Å². The first-order valence-electron chi connectivity index (χ1n) is 7.11. The third-order valence-electron chi connectivity index (χ3n) is 3.20. The zero-order chi connectivity index (χ0) is 19.3. The van der Waals surface area contributed by atoms with Crippen molar-refractivity contribution in [2.75, 3.05) is 18.9 Å². The molecule has 0 aromatic heterocycles. The monoisotopic (exact) mass is 387 g/mol. The first-order valence-corrected chi connectivity index (χ1v) is 8.59. The third kappa shape index (κ3) is 4.60. The van der Waals surface area contributed by atoms with E-state index < -0.39 is 22.6 Å². The maximum absolute atomic E-state index is 12.5. The summed E-state index contributed by atoms with van der Waals surface area (Å²) in [5.74, 6) is -1.01. The number of nitrogens with one attached hydrogen (secondary N) is 1. The molecule has 7 nitrogen and oxygen atoms in total. The fraction of sp³-hybridized carbons (Fsp3) is 0.188. The van der Waals surface area contributed by atoms with Gasteiger partial charge in [-0.25, -0.2) is 13.2 Å². The van der Waals surface area contributed by atoms with Crippen molar-refractivity contribution in [1.29, 1.82) is 0 Å². The van der Waals surface area contributed by atoms with Crippen molar-refractivity contribution in [1.82, 2.24) is 0 Å². The number of anilines is 1. The van der Waals surface area contributed by atoms with Gasteiger partial charge < -0.3 is 14.2 Å². The van der Waals surface area contributed by atoms with Gasteiger partial charge in [0.2, 0.25) is 0 Å². The Morgan fingerprint density at radius 1 is 1.08 bits per heavy atom. The molecule has 2 aromatic carbocycles. The fourth-order valence-corrected chi connectivity index (χ4v) is 3.15. The van der Waals surface area contributed by atoms with Gasteiger partial charge in [0.1, 0.15) is 0 Å². The molecule has 0 atom stereocenters. The van der Waals surface area contributed by atoms with E-state index in [0.29, 0.717) is 0 Å². The first-order chi connectivity index (χ1) is 12.3. The van der Waals surface area contributed by atoms with Crippen LogP contribution < -0.4 is 14.2 Å². The second kappa shape index (κ2) is 8.00. The quantitative estimate of drug-likeness (QED) is 0.735. The van der Waals surface area contributed by atoms with Crippen LogP contribution in [0.2, 0.25) is 0 Å². The number of ether oxygens (including phenoxy) is 3. The van der Waals surface area contributed by atoms with Gasteiger partial charge in [0, 0.05) is 6.07 Å². The number of rotatable bonds is 7. The van der Waals surface area contributed by atoms with Crippen LogP contribution in [0.5, 0.6) is 11.5 Å². The fourth-order valence-electron chi connectivity index (χ4n) is 2.05. The van der Waals surface area contributed by atoms with Crippen molar-refractivity contribution in [3.05, 3.63) is 48.0 Å². The number of methoxy groups -OCH3 is 2. The van der Waals surface area contributed by atoms with Gasteiger partial charge in [-0.3, -0.25) is 4.72 Å². The zero-order valence-corrected chi connectivity index (χ0v) is 14.5. The van der Waals surface area contributed by atoms with Crippen molar-refractivity contribution in [2.24, 2.45) is 0 Å². The lowest BCUT2D eigenvalue weighted by molar-refractivity contribution is -0.0511. The third-order valence-corrected chi connectivity index (χ3v) is 4.58. The van der Waals surface area contributed by atoms with Gasteiger partial charge in [-0.15, -0.1) is 0 Å². The SMILES string of the molecule is COC(=O)c1cccc(S(=O)(=O)Nc2ccc(OC)c(OC(F)F)c2)c1. The molecule has 0 aliphatic rings. The van der Waals surface area contributed by atoms with Crippen LogP contribution in [-0.4, -0.2) is 35.2 Å². The number of carbonyl (C=O) groups excluding carboxylic acids is 1. The van der Waals surface area contributed by atoms with E-state index in [2.05, 4.69) is 14.2 Å². The van der Waals surface area contributed by atoms with Crippen molar-refractivity contribution in [2.45, 2.75) is 11.5 Å². The molecule has 0 aliphatic heterocycles. The van der Waals surface area contributed by atoms with Crippen LogP contribution in [-0.2, 0) is 14.8 Å². The molecule has 0 saturated carbocycles. The summed E-state index contributed by atoms with van der Waals surface area (Å²) in [5.41, 5.74) is 0.0248. The first kappa shape index (κ1) is 19.4. The molecule has 0 amide bonds. The van der Waals surface area contributed by atoms with Crippen LogP contribution in [0.15, 0.2) is 47.4 Å². The highest BCUT2D eigenvalue weighted by atomic mass is 32.2. The summed E-state index contributed by atoms with van der Waals surface area (Å²) in [5, 5.41) is 0. The minimum atomic E-state index is -4.08. The maximum atomic E-state index is 12.5. The van der Waals surface area contributed by atoms with E-state index >= 15 is 0 Å². The van der Waals surface area contributed by atoms with Crippen LogP contribution in [0.3, 0.4) is 0 Å². The second-order valence-electron chi connectivity index (χ2n) is 4.87. The molecule has 0 heterocycles. The zero-order valence-electron chi connectivity index (χ0n) is 13.7. The average molecular weight is 387 g/mol. The molecule has 2 aromatic rings. The molecule has 0 bridgehead atoms. The van der Waals surface area contributed by atoms with Crippen molar-refractivity contribution in [3.8, 4) is 11.5 Å². The van der Waals surface area contributed by atoms with Crippen LogP contribution in [0, 0.1) is 0 Å². The Labute approximate surface area is 148 Å². The highest BCUT2D eigenvalue weighted by Gasteiger charge is 2.18. The summed E-state index contributed by atoms with van der Waals surface area (Å²) in [7, 11) is -1.65. The normalized spacial score (nSPS) is 11.1. The molecule has 1 N–H and O–H groups in total. The topological polar surface area (TPSA) is 90.9 Å². The largest absolute Gasteiger partial charge is 0.493 e. The van der Waals surface area contributed by atoms with Crippen LogP contribution in [0.4, 0.5) is 14.5 Å². The Hall–Kier alpha value is -2.88. The lowest BCUT2D eigenvalue weighted by atomic mass is 10.2. The van der Waals surface area contributed by atoms with Crippen LogP contribution in [0.25, 0.3) is 0 Å². The Morgan fingerprint density at radius 3 is 2.42 bits per heavy atom. The number of esters is 1. The highest BCUT2D eigenvalue weighted by Crippen LogP contribution is 2.32. The molecule has 0 saturated heterocycles. The average Bonchev–Trinajstić information content (AvgIpc) is 2.60. The molecular formula is C16H15F2NO6S. The van der Waals surface area contributed by atoms with E-state index in [1.54, 1.807) is 0 Å². The molecule has 26 heavy (non-hydrogen) atoms. The molecular weight excluding hydrogens is 372 g/mol. The van der Waals surface area contributed by atoms with Crippen LogP contribution in [0.1, 0.15) is 10.4 Å². The predicted molar refractivity (Wildman–Crippen MR) is 88.2 cm³/mol. The second-order valence-corrected chi connectivity index (χ2v) is 6.55. The van der Waals surface area contributed by atoms with Crippen LogP contribution >= 0.6 is 0 Å². The molecule has 0 fully saturated rings. The molecule has 0 spiro atoms. The van der Waals surface area contributed by atoms with Gasteiger partial charge in [0.25, 0.3) is 10.0 Å². The Kier molecular flexibility index (Phi) is 5.98. The molecule has 0 unspecified atom stereocenters. The lowest BCUT2D eigenvalue weighted by Gasteiger charge is -2.13. The summed E-state index contributed by atoms with van der Waals surface area (Å²) in [6, 6.07) is 8.84. The van der Waals surface area contributed by atoms with E-state index in [-0.39, 0.29) is 27.6 Å². The standard InChI is InChI=1S/C16H15F2NO6S/c1-23-13-7-6-11(9-14(13)25-16(17)18)19-26(21,22)12-5-3-4-10(8-12)15(20)24-2/h3-9,16,19H,1-2H3. The van der Waals surface area contributed by atoms with Gasteiger partial charge in [0.15, 0.2) is 11.5 Å². The maximum Gasteiger partial charge on any atom is 0.387 e. The van der Waals surface area contributed by atoms with Gasteiger partial charge in [-0.2, -0.15) is 8.78 Å². The minimum Gasteiger partial charge on any atom is -0.493 e. The highest BCUT2D eigenvalue weighted by molar-refractivity contribution is 7.92. The summed E-state index contributed by atoms with van der Waals surface area (Å²) >= 11 is 0. The van der Waals surface area contributed by atoms with Gasteiger partial charge in [-0.05, 0) is 30.3 Å². The Morgan fingerprint density at radius 2 is 1.81 bits per heavy atom.